The van der Waals surface area contributed by atoms with Gasteiger partial charge >= 0.3 is 0 Å². The van der Waals surface area contributed by atoms with Crippen molar-refractivity contribution in [2.75, 3.05) is 32.8 Å². The van der Waals surface area contributed by atoms with E-state index in [0.717, 1.165) is 32.7 Å². The molecule has 1 unspecified atom stereocenters. The number of ether oxygens (including phenoxy) is 1. The van der Waals surface area contributed by atoms with Crippen molar-refractivity contribution in [2.24, 2.45) is 5.73 Å². The molecule has 0 saturated carbocycles. The summed E-state index contributed by atoms with van der Waals surface area (Å²) in [5.41, 5.74) is 6.99. The van der Waals surface area contributed by atoms with E-state index in [9.17, 15) is 0 Å². The van der Waals surface area contributed by atoms with Gasteiger partial charge in [0.1, 0.15) is 0 Å². The standard InChI is InChI=1S/C11H18N2O2/c12-8-11(10-2-6-15-9-10)13-3-1-5-14-7-4-13/h2,6,9,11H,1,3-5,7-8,12H2. The van der Waals surface area contributed by atoms with Crippen LogP contribution in [0.25, 0.3) is 0 Å². The maximum atomic E-state index is 5.82. The number of furan rings is 1. The Morgan fingerprint density at radius 2 is 2.33 bits per heavy atom. The normalized spacial score (nSPS) is 21.1. The van der Waals surface area contributed by atoms with Gasteiger partial charge in [-0.25, -0.2) is 0 Å². The Kier molecular flexibility index (Phi) is 3.77. The van der Waals surface area contributed by atoms with Crippen molar-refractivity contribution < 1.29 is 9.15 Å². The largest absolute Gasteiger partial charge is 0.472 e. The molecule has 0 aliphatic carbocycles. The molecule has 2 heterocycles. The second-order valence-corrected chi connectivity index (χ2v) is 3.81. The van der Waals surface area contributed by atoms with Crippen LogP contribution in [0.3, 0.4) is 0 Å². The minimum absolute atomic E-state index is 0.269. The molecule has 1 aromatic heterocycles. The number of nitrogens with two attached hydrogens (primary N) is 1. The van der Waals surface area contributed by atoms with Crippen LogP contribution in [-0.2, 0) is 4.74 Å². The zero-order valence-corrected chi connectivity index (χ0v) is 8.89. The number of hydrogen-bond acceptors (Lipinski definition) is 4. The van der Waals surface area contributed by atoms with Crippen LogP contribution in [0.5, 0.6) is 0 Å². The lowest BCUT2D eigenvalue weighted by Crippen LogP contribution is -2.35. The van der Waals surface area contributed by atoms with E-state index in [-0.39, 0.29) is 6.04 Å². The average molecular weight is 210 g/mol. The van der Waals surface area contributed by atoms with Crippen molar-refractivity contribution in [1.29, 1.82) is 0 Å². The summed E-state index contributed by atoms with van der Waals surface area (Å²) in [6.45, 7) is 4.28. The summed E-state index contributed by atoms with van der Waals surface area (Å²) in [5, 5.41) is 0. The van der Waals surface area contributed by atoms with Gasteiger partial charge in [0.05, 0.1) is 25.2 Å². The topological polar surface area (TPSA) is 51.6 Å². The fraction of sp³-hybridized carbons (Fsp3) is 0.636. The molecule has 1 aliphatic rings. The second-order valence-electron chi connectivity index (χ2n) is 3.81. The van der Waals surface area contributed by atoms with Crippen molar-refractivity contribution in [1.82, 2.24) is 4.90 Å². The first-order valence-corrected chi connectivity index (χ1v) is 5.46. The van der Waals surface area contributed by atoms with Gasteiger partial charge in [-0.3, -0.25) is 4.90 Å². The van der Waals surface area contributed by atoms with Crippen molar-refractivity contribution >= 4 is 0 Å². The van der Waals surface area contributed by atoms with Crippen LogP contribution in [0.2, 0.25) is 0 Å². The quantitative estimate of drug-likeness (QED) is 0.808. The molecule has 1 atom stereocenters. The molecule has 2 rings (SSSR count). The third-order valence-electron chi connectivity index (χ3n) is 2.85. The first-order chi connectivity index (χ1) is 7.42. The van der Waals surface area contributed by atoms with Gasteiger partial charge in [0.2, 0.25) is 0 Å². The monoisotopic (exact) mass is 210 g/mol. The van der Waals surface area contributed by atoms with Gasteiger partial charge in [-0.15, -0.1) is 0 Å². The van der Waals surface area contributed by atoms with Crippen molar-refractivity contribution in [3.05, 3.63) is 24.2 Å². The van der Waals surface area contributed by atoms with E-state index < -0.39 is 0 Å². The highest BCUT2D eigenvalue weighted by molar-refractivity contribution is 5.12. The molecule has 1 saturated heterocycles. The van der Waals surface area contributed by atoms with Crippen LogP contribution >= 0.6 is 0 Å². The lowest BCUT2D eigenvalue weighted by atomic mass is 10.1. The fourth-order valence-corrected chi connectivity index (χ4v) is 2.04. The lowest BCUT2D eigenvalue weighted by molar-refractivity contribution is 0.132. The summed E-state index contributed by atoms with van der Waals surface area (Å²) in [5.74, 6) is 0. The van der Waals surface area contributed by atoms with Crippen LogP contribution in [-0.4, -0.2) is 37.7 Å². The van der Waals surface area contributed by atoms with Gasteiger partial charge in [-0.2, -0.15) is 0 Å². The van der Waals surface area contributed by atoms with Gasteiger partial charge in [0, 0.05) is 31.8 Å². The smallest absolute Gasteiger partial charge is 0.0950 e. The third kappa shape index (κ3) is 2.59. The van der Waals surface area contributed by atoms with Gasteiger partial charge in [0.15, 0.2) is 0 Å². The van der Waals surface area contributed by atoms with E-state index in [4.69, 9.17) is 14.9 Å². The Labute approximate surface area is 90.0 Å². The number of rotatable bonds is 3. The molecular weight excluding hydrogens is 192 g/mol. The Hall–Kier alpha value is -0.840. The maximum absolute atomic E-state index is 5.82. The zero-order valence-electron chi connectivity index (χ0n) is 8.89. The van der Waals surface area contributed by atoms with E-state index in [1.54, 1.807) is 12.5 Å². The third-order valence-corrected chi connectivity index (χ3v) is 2.85. The molecule has 2 N–H and O–H groups in total. The Balaban J connectivity index is 2.04. The molecule has 0 bridgehead atoms. The highest BCUT2D eigenvalue weighted by atomic mass is 16.5. The molecule has 1 fully saturated rings. The molecule has 84 valence electrons. The van der Waals surface area contributed by atoms with Crippen molar-refractivity contribution in [3.63, 3.8) is 0 Å². The van der Waals surface area contributed by atoms with Gasteiger partial charge < -0.3 is 14.9 Å². The molecule has 15 heavy (non-hydrogen) atoms. The summed E-state index contributed by atoms with van der Waals surface area (Å²) in [7, 11) is 0. The van der Waals surface area contributed by atoms with Crippen molar-refractivity contribution in [2.45, 2.75) is 12.5 Å². The van der Waals surface area contributed by atoms with E-state index >= 15 is 0 Å². The van der Waals surface area contributed by atoms with E-state index in [1.807, 2.05) is 6.07 Å². The van der Waals surface area contributed by atoms with Gasteiger partial charge in [-0.1, -0.05) is 0 Å². The average Bonchev–Trinajstić information content (AvgIpc) is 2.63. The Morgan fingerprint density at radius 3 is 3.07 bits per heavy atom. The van der Waals surface area contributed by atoms with E-state index in [0.29, 0.717) is 6.54 Å². The molecule has 1 aromatic rings. The second kappa shape index (κ2) is 5.30. The summed E-state index contributed by atoms with van der Waals surface area (Å²) < 4.78 is 10.5. The molecule has 0 aromatic carbocycles. The minimum atomic E-state index is 0.269. The molecule has 4 heteroatoms. The van der Waals surface area contributed by atoms with Crippen LogP contribution < -0.4 is 5.73 Å². The van der Waals surface area contributed by atoms with E-state index in [1.165, 1.54) is 5.56 Å². The number of hydrogen-bond donors (Lipinski definition) is 1. The Morgan fingerprint density at radius 1 is 1.40 bits per heavy atom. The summed E-state index contributed by atoms with van der Waals surface area (Å²) in [6.07, 6.45) is 4.56. The van der Waals surface area contributed by atoms with Gasteiger partial charge in [0.25, 0.3) is 0 Å². The first kappa shape index (κ1) is 10.7. The Bertz CT molecular complexity index is 266. The maximum Gasteiger partial charge on any atom is 0.0950 e. The molecule has 0 spiro atoms. The first-order valence-electron chi connectivity index (χ1n) is 5.46. The van der Waals surface area contributed by atoms with Crippen LogP contribution in [0.15, 0.2) is 23.0 Å². The summed E-state index contributed by atoms with van der Waals surface area (Å²) in [6, 6.07) is 2.26. The van der Waals surface area contributed by atoms with Crippen molar-refractivity contribution in [3.8, 4) is 0 Å². The minimum Gasteiger partial charge on any atom is -0.472 e. The highest BCUT2D eigenvalue weighted by Crippen LogP contribution is 2.20. The predicted octanol–water partition coefficient (Wildman–Crippen LogP) is 1.00. The summed E-state index contributed by atoms with van der Waals surface area (Å²) >= 11 is 0. The van der Waals surface area contributed by atoms with Crippen LogP contribution in [0.4, 0.5) is 0 Å². The highest BCUT2D eigenvalue weighted by Gasteiger charge is 2.20. The predicted molar refractivity (Wildman–Crippen MR) is 57.5 cm³/mol. The fourth-order valence-electron chi connectivity index (χ4n) is 2.04. The molecular formula is C11H18N2O2. The molecule has 0 amide bonds. The van der Waals surface area contributed by atoms with Crippen LogP contribution in [0.1, 0.15) is 18.0 Å². The van der Waals surface area contributed by atoms with E-state index in [2.05, 4.69) is 4.90 Å². The SMILES string of the molecule is NCC(c1ccoc1)N1CCCOCC1. The molecule has 1 aliphatic heterocycles. The number of nitrogens with zero attached hydrogens (tertiary/aromatic N) is 1. The zero-order chi connectivity index (χ0) is 10.5. The summed E-state index contributed by atoms with van der Waals surface area (Å²) in [4.78, 5) is 2.37. The van der Waals surface area contributed by atoms with Gasteiger partial charge in [-0.05, 0) is 12.5 Å². The van der Waals surface area contributed by atoms with Crippen LogP contribution in [0, 0.1) is 0 Å². The lowest BCUT2D eigenvalue weighted by Gasteiger charge is -2.28. The molecule has 4 nitrogen and oxygen atoms in total. The molecule has 0 radical (unpaired) electrons.